The van der Waals surface area contributed by atoms with Crippen LogP contribution in [0.3, 0.4) is 0 Å². The van der Waals surface area contributed by atoms with Crippen LogP contribution in [-0.4, -0.2) is 54.1 Å². The van der Waals surface area contributed by atoms with Gasteiger partial charge in [0.25, 0.3) is 0 Å². The van der Waals surface area contributed by atoms with Crippen molar-refractivity contribution in [2.24, 2.45) is 0 Å². The lowest BCUT2D eigenvalue weighted by Crippen LogP contribution is -2.21. The van der Waals surface area contributed by atoms with Gasteiger partial charge in [-0.2, -0.15) is 10.1 Å². The van der Waals surface area contributed by atoms with Crippen molar-refractivity contribution in [1.82, 2.24) is 20.1 Å². The van der Waals surface area contributed by atoms with Gasteiger partial charge in [0.15, 0.2) is 17.3 Å². The average Bonchev–Trinajstić information content (AvgIpc) is 3.00. The first-order chi connectivity index (χ1) is 11.2. The van der Waals surface area contributed by atoms with Crippen LogP contribution in [-0.2, 0) is 6.54 Å². The van der Waals surface area contributed by atoms with Crippen LogP contribution in [0.1, 0.15) is 5.56 Å². The van der Waals surface area contributed by atoms with E-state index in [1.54, 1.807) is 6.20 Å². The molecule has 122 valence electrons. The minimum absolute atomic E-state index is 0.282. The summed E-state index contributed by atoms with van der Waals surface area (Å²) < 4.78 is 10.7. The highest BCUT2D eigenvalue weighted by molar-refractivity contribution is 5.46. The van der Waals surface area contributed by atoms with Gasteiger partial charge in [-0.25, -0.2) is 0 Å². The van der Waals surface area contributed by atoms with Crippen molar-refractivity contribution in [3.05, 3.63) is 30.0 Å². The first-order valence-electron chi connectivity index (χ1n) is 7.41. The summed E-state index contributed by atoms with van der Waals surface area (Å²) in [4.78, 5) is 6.47. The lowest BCUT2D eigenvalue weighted by atomic mass is 10.2. The molecule has 0 bridgehead atoms. The maximum atomic E-state index is 5.37. The fourth-order valence-corrected chi connectivity index (χ4v) is 2.10. The van der Waals surface area contributed by atoms with Crippen LogP contribution in [0.2, 0.25) is 0 Å². The zero-order valence-electron chi connectivity index (χ0n) is 13.2. The Morgan fingerprint density at radius 1 is 1.17 bits per heavy atom. The van der Waals surface area contributed by atoms with Crippen LogP contribution >= 0.6 is 0 Å². The van der Waals surface area contributed by atoms with E-state index in [2.05, 4.69) is 30.7 Å². The van der Waals surface area contributed by atoms with E-state index in [4.69, 9.17) is 9.47 Å². The fraction of sp³-hybridized carbons (Fsp3) is 0.400. The molecule has 1 aliphatic rings. The monoisotopic (exact) mass is 316 g/mol. The molecule has 0 unspecified atom stereocenters. The van der Waals surface area contributed by atoms with Crippen LogP contribution in [0.5, 0.6) is 11.5 Å². The highest BCUT2D eigenvalue weighted by Gasteiger charge is 2.13. The number of fused-ring (bicyclic) bond motifs is 1. The molecular formula is C15H20N6O2. The molecule has 2 aromatic rings. The molecule has 0 atom stereocenters. The molecule has 0 spiro atoms. The second kappa shape index (κ2) is 7.10. The molecule has 3 rings (SSSR count). The van der Waals surface area contributed by atoms with E-state index in [1.165, 1.54) is 0 Å². The number of likely N-dealkylation sites (N-methyl/N-ethyl adjacent to an activating group) is 1. The van der Waals surface area contributed by atoms with E-state index < -0.39 is 0 Å². The third-order valence-corrected chi connectivity index (χ3v) is 3.31. The van der Waals surface area contributed by atoms with E-state index in [1.807, 2.05) is 32.3 Å². The third-order valence-electron chi connectivity index (χ3n) is 3.31. The van der Waals surface area contributed by atoms with E-state index in [-0.39, 0.29) is 6.79 Å². The van der Waals surface area contributed by atoms with Gasteiger partial charge in [-0.3, -0.25) is 0 Å². The van der Waals surface area contributed by atoms with Crippen LogP contribution in [0.4, 0.5) is 11.8 Å². The lowest BCUT2D eigenvalue weighted by molar-refractivity contribution is 0.174. The summed E-state index contributed by atoms with van der Waals surface area (Å²) >= 11 is 0. The summed E-state index contributed by atoms with van der Waals surface area (Å²) in [6.07, 6.45) is 1.60. The summed E-state index contributed by atoms with van der Waals surface area (Å²) in [5.74, 6) is 2.74. The Bertz CT molecular complexity index is 664. The van der Waals surface area contributed by atoms with Gasteiger partial charge in [0.1, 0.15) is 0 Å². The van der Waals surface area contributed by atoms with Crippen LogP contribution in [0, 0.1) is 0 Å². The number of rotatable bonds is 7. The molecule has 1 aliphatic heterocycles. The van der Waals surface area contributed by atoms with Gasteiger partial charge in [-0.15, -0.1) is 5.10 Å². The van der Waals surface area contributed by atoms with E-state index in [0.29, 0.717) is 18.3 Å². The van der Waals surface area contributed by atoms with Gasteiger partial charge in [0, 0.05) is 19.6 Å². The fourth-order valence-electron chi connectivity index (χ4n) is 2.10. The van der Waals surface area contributed by atoms with Crippen molar-refractivity contribution in [1.29, 1.82) is 0 Å². The summed E-state index contributed by atoms with van der Waals surface area (Å²) in [7, 11) is 4.04. The number of ether oxygens (including phenoxy) is 2. The molecule has 0 saturated carbocycles. The first kappa shape index (κ1) is 15.3. The minimum Gasteiger partial charge on any atom is -0.454 e. The predicted octanol–water partition coefficient (Wildman–Crippen LogP) is 1.19. The quantitative estimate of drug-likeness (QED) is 0.788. The van der Waals surface area contributed by atoms with Crippen LogP contribution in [0.25, 0.3) is 0 Å². The predicted molar refractivity (Wildman–Crippen MR) is 86.8 cm³/mol. The van der Waals surface area contributed by atoms with Crippen LogP contribution in [0.15, 0.2) is 24.4 Å². The average molecular weight is 316 g/mol. The normalized spacial score (nSPS) is 12.5. The molecule has 1 aromatic heterocycles. The van der Waals surface area contributed by atoms with Crippen molar-refractivity contribution >= 4 is 11.8 Å². The van der Waals surface area contributed by atoms with Gasteiger partial charge in [-0.05, 0) is 31.8 Å². The second-order valence-electron chi connectivity index (χ2n) is 5.44. The number of hydrogen-bond acceptors (Lipinski definition) is 8. The molecule has 1 aromatic carbocycles. The van der Waals surface area contributed by atoms with Gasteiger partial charge in [0.2, 0.25) is 12.7 Å². The Balaban J connectivity index is 1.55. The molecule has 2 N–H and O–H groups in total. The molecular weight excluding hydrogens is 296 g/mol. The minimum atomic E-state index is 0.282. The van der Waals surface area contributed by atoms with Crippen molar-refractivity contribution in [2.75, 3.05) is 44.6 Å². The van der Waals surface area contributed by atoms with E-state index in [9.17, 15) is 0 Å². The van der Waals surface area contributed by atoms with Crippen molar-refractivity contribution in [2.45, 2.75) is 6.54 Å². The van der Waals surface area contributed by atoms with Gasteiger partial charge in [-0.1, -0.05) is 6.07 Å². The molecule has 2 heterocycles. The Labute approximate surface area is 134 Å². The zero-order chi connectivity index (χ0) is 16.1. The highest BCUT2D eigenvalue weighted by atomic mass is 16.7. The number of nitrogens with one attached hydrogen (secondary N) is 2. The zero-order valence-corrected chi connectivity index (χ0v) is 13.2. The third kappa shape index (κ3) is 4.19. The Morgan fingerprint density at radius 3 is 2.91 bits per heavy atom. The highest BCUT2D eigenvalue weighted by Crippen LogP contribution is 2.32. The SMILES string of the molecule is CN(C)CCNc1nncc(NCc2ccc3c(c2)OCO3)n1. The van der Waals surface area contributed by atoms with E-state index >= 15 is 0 Å². The molecule has 8 heteroatoms. The first-order valence-corrected chi connectivity index (χ1v) is 7.41. The van der Waals surface area contributed by atoms with Gasteiger partial charge < -0.3 is 25.0 Å². The number of benzene rings is 1. The van der Waals surface area contributed by atoms with Crippen molar-refractivity contribution in [3.63, 3.8) is 0 Å². The summed E-state index contributed by atoms with van der Waals surface area (Å²) in [6, 6.07) is 5.86. The molecule has 0 radical (unpaired) electrons. The Hall–Kier alpha value is -2.61. The van der Waals surface area contributed by atoms with E-state index in [0.717, 1.165) is 30.2 Å². The maximum Gasteiger partial charge on any atom is 0.244 e. The largest absolute Gasteiger partial charge is 0.454 e. The van der Waals surface area contributed by atoms with Gasteiger partial charge in [0.05, 0.1) is 6.20 Å². The van der Waals surface area contributed by atoms with Gasteiger partial charge >= 0.3 is 0 Å². The topological polar surface area (TPSA) is 84.4 Å². The number of anilines is 2. The van der Waals surface area contributed by atoms with Crippen molar-refractivity contribution in [3.8, 4) is 11.5 Å². The lowest BCUT2D eigenvalue weighted by Gasteiger charge is -2.11. The molecule has 0 fully saturated rings. The van der Waals surface area contributed by atoms with Crippen molar-refractivity contribution < 1.29 is 9.47 Å². The number of aromatic nitrogens is 3. The molecule has 8 nitrogen and oxygen atoms in total. The maximum absolute atomic E-state index is 5.37. The molecule has 0 aliphatic carbocycles. The standard InChI is InChI=1S/C15H20N6O2/c1-21(2)6-5-16-15-19-14(9-18-20-15)17-8-11-3-4-12-13(7-11)23-10-22-12/h3-4,7,9H,5-6,8,10H2,1-2H3,(H2,16,17,19,20). The molecule has 0 amide bonds. The number of nitrogens with zero attached hydrogens (tertiary/aromatic N) is 4. The summed E-state index contributed by atoms with van der Waals surface area (Å²) in [6.45, 7) is 2.56. The smallest absolute Gasteiger partial charge is 0.244 e. The number of hydrogen-bond donors (Lipinski definition) is 2. The van der Waals surface area contributed by atoms with Crippen LogP contribution < -0.4 is 20.1 Å². The Morgan fingerprint density at radius 2 is 2.04 bits per heavy atom. The Kier molecular flexibility index (Phi) is 4.72. The second-order valence-corrected chi connectivity index (χ2v) is 5.44. The molecule has 23 heavy (non-hydrogen) atoms. The summed E-state index contributed by atoms with van der Waals surface area (Å²) in [5, 5.41) is 14.3. The molecule has 0 saturated heterocycles. The summed E-state index contributed by atoms with van der Waals surface area (Å²) in [5.41, 5.74) is 1.08.